The Bertz CT molecular complexity index is 1280. The fraction of sp³-hybridized carbons (Fsp3) is 0.800. The van der Waals surface area contributed by atoms with Gasteiger partial charge in [-0.2, -0.15) is 0 Å². The summed E-state index contributed by atoms with van der Waals surface area (Å²) in [5, 5.41) is 0. The van der Waals surface area contributed by atoms with E-state index in [1.54, 1.807) is 0 Å². The van der Waals surface area contributed by atoms with Crippen LogP contribution < -0.4 is 0 Å². The highest BCUT2D eigenvalue weighted by Gasteiger charge is 2.19. The third-order valence-electron chi connectivity index (χ3n) is 13.5. The predicted molar refractivity (Wildman–Crippen MR) is 307 cm³/mol. The molecule has 0 bridgehead atoms. The van der Waals surface area contributed by atoms with Crippen LogP contribution in [0, 0.1) is 0 Å². The van der Waals surface area contributed by atoms with Crippen molar-refractivity contribution in [1.29, 1.82) is 0 Å². The van der Waals surface area contributed by atoms with Crippen LogP contribution in [0.3, 0.4) is 0 Å². The molecule has 6 nitrogen and oxygen atoms in total. The van der Waals surface area contributed by atoms with Gasteiger partial charge in [-0.1, -0.05) is 274 Å². The van der Waals surface area contributed by atoms with Gasteiger partial charge in [0.25, 0.3) is 0 Å². The zero-order valence-electron chi connectivity index (χ0n) is 47.2. The molecule has 0 N–H and O–H groups in total. The minimum Gasteiger partial charge on any atom is -0.462 e. The third kappa shape index (κ3) is 57.9. The van der Waals surface area contributed by atoms with E-state index in [-0.39, 0.29) is 31.1 Å². The molecule has 6 heteroatoms. The van der Waals surface area contributed by atoms with Crippen molar-refractivity contribution < 1.29 is 28.6 Å². The van der Waals surface area contributed by atoms with E-state index in [0.717, 1.165) is 103 Å². The normalized spacial score (nSPS) is 12.4. The van der Waals surface area contributed by atoms with Crippen molar-refractivity contribution in [2.24, 2.45) is 0 Å². The molecule has 0 aliphatic carbocycles. The minimum atomic E-state index is -0.790. The molecule has 0 amide bonds. The summed E-state index contributed by atoms with van der Waals surface area (Å²) in [6.07, 6.45) is 75.0. The van der Waals surface area contributed by atoms with Crippen molar-refractivity contribution in [3.8, 4) is 0 Å². The van der Waals surface area contributed by atoms with Crippen LogP contribution in [0.1, 0.15) is 316 Å². The Labute approximate surface area is 440 Å². The second kappa shape index (κ2) is 59.7. The zero-order chi connectivity index (χ0) is 51.4. The van der Waals surface area contributed by atoms with Crippen molar-refractivity contribution in [1.82, 2.24) is 0 Å². The molecule has 412 valence electrons. The second-order valence-corrected chi connectivity index (χ2v) is 20.6. The highest BCUT2D eigenvalue weighted by atomic mass is 16.6. The smallest absolute Gasteiger partial charge is 0.306 e. The van der Waals surface area contributed by atoms with Gasteiger partial charge in [-0.25, -0.2) is 0 Å². The summed E-state index contributed by atoms with van der Waals surface area (Å²) in [5.74, 6) is -0.900. The Balaban J connectivity index is 4.38. The predicted octanol–water partition coefficient (Wildman–Crippen LogP) is 20.8. The highest BCUT2D eigenvalue weighted by molar-refractivity contribution is 5.71. The lowest BCUT2D eigenvalue weighted by Gasteiger charge is -2.18. The standard InChI is InChI=1S/C65H116O6/c1-4-7-10-13-16-19-22-25-28-31-32-33-35-37-40-43-46-49-52-55-58-64(67)70-61-62(60-69-63(66)57-54-51-48-45-42-39-36-30-27-24-21-18-15-12-9-6-3)71-65(68)59-56-53-50-47-44-41-38-34-29-26-23-20-17-14-11-8-5-2/h8,11,17,20,26,29-30,36,38,41,62H,4-7,9-10,12-16,18-19,21-25,27-28,31-35,37,39-40,42-61H2,1-3H3/b11-8-,20-17-,29-26-,36-30-,41-38-. The average molecular weight is 994 g/mol. The number of carbonyl (C=O) groups excluding carboxylic acids is 3. The van der Waals surface area contributed by atoms with Gasteiger partial charge in [-0.05, 0) is 83.5 Å². The van der Waals surface area contributed by atoms with Crippen molar-refractivity contribution in [3.63, 3.8) is 0 Å². The van der Waals surface area contributed by atoms with Crippen molar-refractivity contribution in [3.05, 3.63) is 60.8 Å². The van der Waals surface area contributed by atoms with Gasteiger partial charge >= 0.3 is 17.9 Å². The molecule has 0 aromatic heterocycles. The van der Waals surface area contributed by atoms with Crippen LogP contribution in [0.5, 0.6) is 0 Å². The summed E-state index contributed by atoms with van der Waals surface area (Å²) in [6.45, 7) is 6.54. The molecule has 0 spiro atoms. The van der Waals surface area contributed by atoms with Crippen LogP contribution in [-0.4, -0.2) is 37.2 Å². The largest absolute Gasteiger partial charge is 0.462 e. The van der Waals surface area contributed by atoms with Crippen molar-refractivity contribution in [2.45, 2.75) is 322 Å². The summed E-state index contributed by atoms with van der Waals surface area (Å²) >= 11 is 0. The Morgan fingerprint density at radius 1 is 0.296 bits per heavy atom. The van der Waals surface area contributed by atoms with Crippen LogP contribution in [0.25, 0.3) is 0 Å². The van der Waals surface area contributed by atoms with Crippen molar-refractivity contribution in [2.75, 3.05) is 13.2 Å². The summed E-state index contributed by atoms with van der Waals surface area (Å²) < 4.78 is 16.9. The van der Waals surface area contributed by atoms with E-state index < -0.39 is 6.10 Å². The Hall–Kier alpha value is -2.89. The number of allylic oxidation sites excluding steroid dienone is 10. The maximum Gasteiger partial charge on any atom is 0.306 e. The topological polar surface area (TPSA) is 78.9 Å². The van der Waals surface area contributed by atoms with Crippen LogP contribution in [0.4, 0.5) is 0 Å². The molecule has 0 aliphatic heterocycles. The molecule has 0 aromatic rings. The van der Waals surface area contributed by atoms with E-state index in [0.29, 0.717) is 19.3 Å². The van der Waals surface area contributed by atoms with Gasteiger partial charge in [0.2, 0.25) is 0 Å². The first-order valence-electron chi connectivity index (χ1n) is 30.8. The number of unbranched alkanes of at least 4 members (excludes halogenated alkanes) is 35. The number of esters is 3. The molecule has 1 atom stereocenters. The van der Waals surface area contributed by atoms with Gasteiger partial charge in [-0.15, -0.1) is 0 Å². The maximum atomic E-state index is 12.9. The van der Waals surface area contributed by atoms with Crippen LogP contribution in [0.2, 0.25) is 0 Å². The first-order valence-corrected chi connectivity index (χ1v) is 30.8. The lowest BCUT2D eigenvalue weighted by molar-refractivity contribution is -0.167. The number of carbonyl (C=O) groups is 3. The fourth-order valence-electron chi connectivity index (χ4n) is 8.90. The molecule has 1 unspecified atom stereocenters. The number of hydrogen-bond donors (Lipinski definition) is 0. The number of rotatable bonds is 56. The van der Waals surface area contributed by atoms with Gasteiger partial charge in [0.05, 0.1) is 0 Å². The molecule has 0 heterocycles. The van der Waals surface area contributed by atoms with E-state index >= 15 is 0 Å². The van der Waals surface area contributed by atoms with Gasteiger partial charge < -0.3 is 14.2 Å². The van der Waals surface area contributed by atoms with E-state index in [1.807, 2.05) is 0 Å². The molecular weight excluding hydrogens is 877 g/mol. The summed E-state index contributed by atoms with van der Waals surface area (Å²) in [4.78, 5) is 38.3. The number of ether oxygens (including phenoxy) is 3. The Morgan fingerprint density at radius 2 is 0.549 bits per heavy atom. The SMILES string of the molecule is CC/C=C\C/C=C\C/C=C\C/C=C\CCCCCCC(=O)OC(COC(=O)CCCCCCC/C=C\CCCCCCCCC)COC(=O)CCCCCCCCCCCCCCCCCCCCCC. The molecule has 0 rings (SSSR count). The molecule has 0 saturated heterocycles. The first-order chi connectivity index (χ1) is 35.0. The lowest BCUT2D eigenvalue weighted by Crippen LogP contribution is -2.30. The molecule has 0 saturated carbocycles. The van der Waals surface area contributed by atoms with E-state index in [2.05, 4.69) is 81.5 Å². The summed E-state index contributed by atoms with van der Waals surface area (Å²) in [6, 6.07) is 0. The van der Waals surface area contributed by atoms with Crippen molar-refractivity contribution >= 4 is 17.9 Å². The number of hydrogen-bond acceptors (Lipinski definition) is 6. The molecule has 0 aromatic carbocycles. The third-order valence-corrected chi connectivity index (χ3v) is 13.5. The summed E-state index contributed by atoms with van der Waals surface area (Å²) in [7, 11) is 0. The molecule has 0 fully saturated rings. The molecule has 0 radical (unpaired) electrons. The maximum absolute atomic E-state index is 12.9. The van der Waals surface area contributed by atoms with E-state index in [4.69, 9.17) is 14.2 Å². The highest BCUT2D eigenvalue weighted by Crippen LogP contribution is 2.17. The summed E-state index contributed by atoms with van der Waals surface area (Å²) in [5.41, 5.74) is 0. The second-order valence-electron chi connectivity index (χ2n) is 20.6. The van der Waals surface area contributed by atoms with Gasteiger partial charge in [0.15, 0.2) is 6.10 Å². The fourth-order valence-corrected chi connectivity index (χ4v) is 8.90. The monoisotopic (exact) mass is 993 g/mol. The Kier molecular flexibility index (Phi) is 57.2. The molecule has 71 heavy (non-hydrogen) atoms. The van der Waals surface area contributed by atoms with Crippen LogP contribution in [-0.2, 0) is 28.6 Å². The zero-order valence-corrected chi connectivity index (χ0v) is 47.2. The average Bonchev–Trinajstić information content (AvgIpc) is 3.37. The van der Waals surface area contributed by atoms with E-state index in [9.17, 15) is 14.4 Å². The minimum absolute atomic E-state index is 0.0839. The van der Waals surface area contributed by atoms with E-state index in [1.165, 1.54) is 173 Å². The van der Waals surface area contributed by atoms with Gasteiger partial charge in [0.1, 0.15) is 13.2 Å². The first kappa shape index (κ1) is 68.1. The van der Waals surface area contributed by atoms with Gasteiger partial charge in [0, 0.05) is 19.3 Å². The lowest BCUT2D eigenvalue weighted by atomic mass is 10.0. The van der Waals surface area contributed by atoms with Gasteiger partial charge in [-0.3, -0.25) is 14.4 Å². The molecular formula is C65H116O6. The Morgan fingerprint density at radius 3 is 0.873 bits per heavy atom. The van der Waals surface area contributed by atoms with Crippen LogP contribution >= 0.6 is 0 Å². The molecule has 0 aliphatic rings. The quantitative estimate of drug-likeness (QED) is 0.0261. The van der Waals surface area contributed by atoms with Crippen LogP contribution in [0.15, 0.2) is 60.8 Å².